The number of aromatic carboxylic acids is 1. The Morgan fingerprint density at radius 3 is 2.89 bits per heavy atom. The summed E-state index contributed by atoms with van der Waals surface area (Å²) < 4.78 is 1.69. The van der Waals surface area contributed by atoms with Crippen LogP contribution < -0.4 is 0 Å². The monoisotopic (exact) mass is 273 g/mol. The maximum atomic E-state index is 11.2. The van der Waals surface area contributed by atoms with Crippen LogP contribution in [0.3, 0.4) is 0 Å². The summed E-state index contributed by atoms with van der Waals surface area (Å²) in [4.78, 5) is 15.6. The minimum Gasteiger partial charge on any atom is -0.476 e. The van der Waals surface area contributed by atoms with E-state index in [4.69, 9.17) is 0 Å². The highest BCUT2D eigenvalue weighted by atomic mass is 32.1. The minimum absolute atomic E-state index is 0.0857. The number of aromatic nitrogens is 3. The van der Waals surface area contributed by atoms with Crippen LogP contribution in [0, 0.1) is 6.92 Å². The van der Waals surface area contributed by atoms with Gasteiger partial charge in [0, 0.05) is 10.8 Å². The second kappa shape index (κ2) is 4.47. The van der Waals surface area contributed by atoms with Crippen LogP contribution in [0.5, 0.6) is 0 Å². The predicted molar refractivity (Wildman–Crippen MR) is 72.6 cm³/mol. The Labute approximate surface area is 113 Å². The summed E-state index contributed by atoms with van der Waals surface area (Å²) in [6.07, 6.45) is 0. The first-order chi connectivity index (χ1) is 9.15. The van der Waals surface area contributed by atoms with Crippen LogP contribution in [0.2, 0.25) is 0 Å². The van der Waals surface area contributed by atoms with Gasteiger partial charge in [0.25, 0.3) is 0 Å². The number of hydrogen-bond acceptors (Lipinski definition) is 4. The van der Waals surface area contributed by atoms with Crippen molar-refractivity contribution in [2.45, 2.75) is 13.5 Å². The molecule has 0 aliphatic rings. The number of fused-ring (bicyclic) bond motifs is 1. The summed E-state index contributed by atoms with van der Waals surface area (Å²) in [5, 5.41) is 17.0. The zero-order valence-electron chi connectivity index (χ0n) is 10.2. The number of carboxylic acid groups (broad SMARTS) is 1. The van der Waals surface area contributed by atoms with Gasteiger partial charge in [0.1, 0.15) is 0 Å². The van der Waals surface area contributed by atoms with Crippen molar-refractivity contribution in [1.82, 2.24) is 14.8 Å². The van der Waals surface area contributed by atoms with Crippen LogP contribution in [-0.4, -0.2) is 25.8 Å². The fourth-order valence-corrected chi connectivity index (χ4v) is 2.64. The molecular weight excluding hydrogens is 262 g/mol. The highest BCUT2D eigenvalue weighted by molar-refractivity contribution is 7.09. The molecular formula is C13H11N3O2S. The maximum absolute atomic E-state index is 11.2. The van der Waals surface area contributed by atoms with Gasteiger partial charge in [-0.15, -0.1) is 11.3 Å². The van der Waals surface area contributed by atoms with Crippen molar-refractivity contribution in [3.8, 4) is 0 Å². The Morgan fingerprint density at radius 2 is 2.21 bits per heavy atom. The van der Waals surface area contributed by atoms with Crippen molar-refractivity contribution in [2.75, 3.05) is 0 Å². The molecule has 0 fully saturated rings. The standard InChI is InChI=1S/C13H11N3O2S/c1-8-14-9(7-19-8)6-16-11-5-3-2-4-10(11)12(15-16)13(17)18/h2-5,7H,6H2,1H3,(H,17,18). The zero-order chi connectivity index (χ0) is 13.4. The lowest BCUT2D eigenvalue weighted by atomic mass is 10.2. The van der Waals surface area contributed by atoms with Gasteiger partial charge >= 0.3 is 5.97 Å². The molecule has 0 unspecified atom stereocenters. The van der Waals surface area contributed by atoms with Gasteiger partial charge in [0.15, 0.2) is 5.69 Å². The molecule has 6 heteroatoms. The Balaban J connectivity index is 2.11. The van der Waals surface area contributed by atoms with Crippen LogP contribution in [0.1, 0.15) is 21.2 Å². The van der Waals surface area contributed by atoms with E-state index in [-0.39, 0.29) is 5.69 Å². The van der Waals surface area contributed by atoms with Crippen molar-refractivity contribution in [2.24, 2.45) is 0 Å². The summed E-state index contributed by atoms with van der Waals surface area (Å²) in [6, 6.07) is 7.33. The van der Waals surface area contributed by atoms with Gasteiger partial charge in [0.05, 0.1) is 22.8 Å². The second-order valence-corrected chi connectivity index (χ2v) is 5.25. The Kier molecular flexibility index (Phi) is 2.79. The molecule has 0 saturated carbocycles. The van der Waals surface area contributed by atoms with Crippen molar-refractivity contribution in [3.05, 3.63) is 46.0 Å². The number of aryl methyl sites for hydroxylation is 1. The number of benzene rings is 1. The fraction of sp³-hybridized carbons (Fsp3) is 0.154. The predicted octanol–water partition coefficient (Wildman–Crippen LogP) is 2.55. The molecule has 0 spiro atoms. The molecule has 1 N–H and O–H groups in total. The van der Waals surface area contributed by atoms with E-state index in [1.165, 1.54) is 0 Å². The average Bonchev–Trinajstić information content (AvgIpc) is 2.95. The van der Waals surface area contributed by atoms with Gasteiger partial charge in [0.2, 0.25) is 0 Å². The first-order valence-electron chi connectivity index (χ1n) is 5.75. The smallest absolute Gasteiger partial charge is 0.357 e. The molecule has 5 nitrogen and oxygen atoms in total. The summed E-state index contributed by atoms with van der Waals surface area (Å²) >= 11 is 1.57. The molecule has 0 atom stereocenters. The molecule has 0 aliphatic carbocycles. The SMILES string of the molecule is Cc1nc(Cn2nc(C(=O)O)c3ccccc32)cs1. The molecule has 0 aliphatic heterocycles. The maximum Gasteiger partial charge on any atom is 0.357 e. The summed E-state index contributed by atoms with van der Waals surface area (Å²) in [5.74, 6) is -1.01. The van der Waals surface area contributed by atoms with E-state index < -0.39 is 5.97 Å². The summed E-state index contributed by atoms with van der Waals surface area (Å²) in [6.45, 7) is 2.43. The van der Waals surface area contributed by atoms with Gasteiger partial charge < -0.3 is 5.11 Å². The first kappa shape index (κ1) is 11.9. The number of carbonyl (C=O) groups is 1. The molecule has 3 rings (SSSR count). The second-order valence-electron chi connectivity index (χ2n) is 4.19. The third-order valence-corrected chi connectivity index (χ3v) is 3.66. The Bertz CT molecular complexity index is 760. The number of para-hydroxylation sites is 1. The number of rotatable bonds is 3. The number of thiazole rings is 1. The van der Waals surface area contributed by atoms with Crippen LogP contribution in [0.25, 0.3) is 10.9 Å². The molecule has 0 amide bonds. The molecule has 96 valence electrons. The topological polar surface area (TPSA) is 68.0 Å². The zero-order valence-corrected chi connectivity index (χ0v) is 11.0. The number of carboxylic acids is 1. The molecule has 1 aromatic carbocycles. The van der Waals surface area contributed by atoms with Crippen molar-refractivity contribution < 1.29 is 9.90 Å². The fourth-order valence-electron chi connectivity index (χ4n) is 2.04. The van der Waals surface area contributed by atoms with E-state index in [2.05, 4.69) is 10.1 Å². The Morgan fingerprint density at radius 1 is 1.42 bits per heavy atom. The van der Waals surface area contributed by atoms with E-state index in [1.54, 1.807) is 22.1 Å². The van der Waals surface area contributed by atoms with Crippen molar-refractivity contribution in [1.29, 1.82) is 0 Å². The minimum atomic E-state index is -1.01. The van der Waals surface area contributed by atoms with Crippen molar-refractivity contribution >= 4 is 28.2 Å². The summed E-state index contributed by atoms with van der Waals surface area (Å²) in [5.41, 5.74) is 1.79. The van der Waals surface area contributed by atoms with Gasteiger partial charge in [-0.3, -0.25) is 4.68 Å². The lowest BCUT2D eigenvalue weighted by Gasteiger charge is -1.99. The molecule has 19 heavy (non-hydrogen) atoms. The lowest BCUT2D eigenvalue weighted by Crippen LogP contribution is -2.04. The van der Waals surface area contributed by atoms with Gasteiger partial charge in [-0.05, 0) is 13.0 Å². The highest BCUT2D eigenvalue weighted by Gasteiger charge is 2.16. The summed E-state index contributed by atoms with van der Waals surface area (Å²) in [7, 11) is 0. The molecule has 3 aromatic rings. The van der Waals surface area contributed by atoms with E-state index in [9.17, 15) is 9.90 Å². The van der Waals surface area contributed by atoms with Crippen molar-refractivity contribution in [3.63, 3.8) is 0 Å². The van der Waals surface area contributed by atoms with E-state index >= 15 is 0 Å². The first-order valence-corrected chi connectivity index (χ1v) is 6.63. The quantitative estimate of drug-likeness (QED) is 0.796. The molecule has 0 bridgehead atoms. The van der Waals surface area contributed by atoms with E-state index in [1.807, 2.05) is 30.5 Å². The van der Waals surface area contributed by atoms with Gasteiger partial charge in [-0.1, -0.05) is 18.2 Å². The molecule has 0 saturated heterocycles. The Hall–Kier alpha value is -2.21. The van der Waals surface area contributed by atoms with Crippen LogP contribution in [0.15, 0.2) is 29.6 Å². The highest BCUT2D eigenvalue weighted by Crippen LogP contribution is 2.20. The number of nitrogens with zero attached hydrogens (tertiary/aromatic N) is 3. The van der Waals surface area contributed by atoms with Gasteiger partial charge in [-0.25, -0.2) is 9.78 Å². The third kappa shape index (κ3) is 2.10. The average molecular weight is 273 g/mol. The number of hydrogen-bond donors (Lipinski definition) is 1. The molecule has 2 heterocycles. The largest absolute Gasteiger partial charge is 0.476 e. The van der Waals surface area contributed by atoms with Gasteiger partial charge in [-0.2, -0.15) is 5.10 Å². The van der Waals surface area contributed by atoms with E-state index in [0.717, 1.165) is 16.2 Å². The third-order valence-electron chi connectivity index (χ3n) is 2.84. The molecule has 0 radical (unpaired) electrons. The normalized spacial score (nSPS) is 11.0. The van der Waals surface area contributed by atoms with Crippen LogP contribution >= 0.6 is 11.3 Å². The van der Waals surface area contributed by atoms with Crippen LogP contribution in [0.4, 0.5) is 0 Å². The lowest BCUT2D eigenvalue weighted by molar-refractivity contribution is 0.0691. The van der Waals surface area contributed by atoms with E-state index in [0.29, 0.717) is 11.9 Å². The van der Waals surface area contributed by atoms with Crippen LogP contribution in [-0.2, 0) is 6.54 Å². The molecule has 2 aromatic heterocycles.